The van der Waals surface area contributed by atoms with Gasteiger partial charge in [-0.1, -0.05) is 110 Å². The Labute approximate surface area is 140 Å². The Hall–Kier alpha value is 0.394. The van der Waals surface area contributed by atoms with E-state index in [4.69, 9.17) is 4.12 Å². The Morgan fingerprint density at radius 2 is 1.05 bits per heavy atom. The van der Waals surface area contributed by atoms with Crippen LogP contribution in [0.25, 0.3) is 0 Å². The molecule has 0 saturated heterocycles. The molecule has 0 aromatic heterocycles. The second-order valence-electron chi connectivity index (χ2n) is 6.79. The topological polar surface area (TPSA) is 9.23 Å². The molecule has 0 fully saturated rings. The van der Waals surface area contributed by atoms with E-state index >= 15 is 0 Å². The summed E-state index contributed by atoms with van der Waals surface area (Å²) in [6.07, 6.45) is 21.7. The first-order chi connectivity index (χ1) is 10.3. The minimum atomic E-state index is -0.194. The largest absolute Gasteiger partial charge is 0.468 e. The summed E-state index contributed by atoms with van der Waals surface area (Å²) < 4.78 is 5.69. The quantitative estimate of drug-likeness (QED) is 0.268. The van der Waals surface area contributed by atoms with Crippen molar-refractivity contribution in [1.82, 2.24) is 0 Å². The van der Waals surface area contributed by atoms with Gasteiger partial charge in [-0.25, -0.2) is 0 Å². The highest BCUT2D eigenvalue weighted by Gasteiger charge is 2.08. The van der Waals surface area contributed by atoms with Gasteiger partial charge >= 0.3 is 0 Å². The fraction of sp³-hybridized carbons (Fsp3) is 1.00. The van der Waals surface area contributed by atoms with Gasteiger partial charge in [-0.2, -0.15) is 0 Å². The molecule has 21 heavy (non-hydrogen) atoms. The van der Waals surface area contributed by atoms with Crippen molar-refractivity contribution < 1.29 is 4.12 Å². The predicted molar refractivity (Wildman–Crippen MR) is 104 cm³/mol. The van der Waals surface area contributed by atoms with Crippen LogP contribution in [0.4, 0.5) is 0 Å². The molecular weight excluding hydrogens is 288 g/mol. The third-order valence-electron chi connectivity index (χ3n) is 4.58. The van der Waals surface area contributed by atoms with Gasteiger partial charge in [-0.05, 0) is 5.54 Å². The van der Waals surface area contributed by atoms with Crippen LogP contribution in [0.1, 0.15) is 110 Å². The summed E-state index contributed by atoms with van der Waals surface area (Å²) in [7, 11) is 0.777. The zero-order chi connectivity index (χ0) is 15.6. The van der Waals surface area contributed by atoms with Gasteiger partial charge < -0.3 is 4.12 Å². The highest BCUT2D eigenvalue weighted by Crippen LogP contribution is 2.23. The fourth-order valence-corrected chi connectivity index (χ4v) is 5.95. The smallest absolute Gasteiger partial charge is 0.148 e. The van der Waals surface area contributed by atoms with E-state index in [1.807, 2.05) is 0 Å². The van der Waals surface area contributed by atoms with Crippen LogP contribution < -0.4 is 0 Å². The number of rotatable bonds is 17. The van der Waals surface area contributed by atoms with E-state index in [1.165, 1.54) is 96.3 Å². The molecule has 0 rings (SSSR count). The van der Waals surface area contributed by atoms with Gasteiger partial charge in [0.15, 0.2) is 0 Å². The van der Waals surface area contributed by atoms with Gasteiger partial charge in [0, 0.05) is 0 Å². The lowest BCUT2D eigenvalue weighted by molar-refractivity contribution is 0.508. The van der Waals surface area contributed by atoms with Crippen molar-refractivity contribution in [2.75, 3.05) is 0 Å². The van der Waals surface area contributed by atoms with Gasteiger partial charge in [0.25, 0.3) is 0 Å². The second-order valence-corrected chi connectivity index (χ2v) is 10.6. The zero-order valence-corrected chi connectivity index (χ0v) is 18.7. The molecular formula is C18H42OSi2. The van der Waals surface area contributed by atoms with Gasteiger partial charge in [-0.15, -0.1) is 0 Å². The van der Waals surface area contributed by atoms with Crippen molar-refractivity contribution in [2.45, 2.75) is 116 Å². The number of hydrogen-bond acceptors (Lipinski definition) is 1. The lowest BCUT2D eigenvalue weighted by atomic mass is 10.0. The first kappa shape index (κ1) is 21.4. The van der Waals surface area contributed by atoms with Crippen molar-refractivity contribution in [3.8, 4) is 0 Å². The highest BCUT2D eigenvalue weighted by atomic mass is 28.3. The Kier molecular flexibility index (Phi) is 18.8. The third kappa shape index (κ3) is 16.6. The molecule has 0 N–H and O–H groups in total. The summed E-state index contributed by atoms with van der Waals surface area (Å²) >= 11 is 0. The third-order valence-corrected chi connectivity index (χ3v) is 7.21. The van der Waals surface area contributed by atoms with Crippen LogP contribution in [-0.4, -0.2) is 20.2 Å². The summed E-state index contributed by atoms with van der Waals surface area (Å²) in [6, 6.07) is 0. The Bertz CT molecular complexity index is 188. The Morgan fingerprint density at radius 3 is 1.43 bits per heavy atom. The summed E-state index contributed by atoms with van der Waals surface area (Å²) in [5.74, 6) is 0. The summed E-state index contributed by atoms with van der Waals surface area (Å²) in [5, 5.41) is 0. The Morgan fingerprint density at radius 1 is 0.667 bits per heavy atom. The normalized spacial score (nSPS) is 13.4. The van der Waals surface area contributed by atoms with E-state index < -0.39 is 0 Å². The van der Waals surface area contributed by atoms with Crippen molar-refractivity contribution >= 4 is 20.2 Å². The van der Waals surface area contributed by atoms with Crippen LogP contribution >= 0.6 is 0 Å². The maximum absolute atomic E-state index is 5.69. The van der Waals surface area contributed by atoms with Crippen molar-refractivity contribution in [1.29, 1.82) is 0 Å². The molecule has 1 unspecified atom stereocenters. The van der Waals surface area contributed by atoms with E-state index in [0.29, 0.717) is 0 Å². The van der Waals surface area contributed by atoms with E-state index in [1.54, 1.807) is 0 Å². The van der Waals surface area contributed by atoms with E-state index in [2.05, 4.69) is 13.8 Å². The monoisotopic (exact) mass is 330 g/mol. The van der Waals surface area contributed by atoms with E-state index in [-0.39, 0.29) is 9.76 Å². The first-order valence-corrected chi connectivity index (χ1v) is 12.0. The standard InChI is InChI=1S/C18H42OSi2/c1-3-5-7-9-11-13-15-17-18(21-19-20)16-14-12-10-8-6-4-2/h18H,3-17,21H2,1-2,20H3. The van der Waals surface area contributed by atoms with Gasteiger partial charge in [0.1, 0.15) is 20.2 Å². The molecule has 0 aliphatic carbocycles. The maximum Gasteiger partial charge on any atom is 0.148 e. The first-order valence-electron chi connectivity index (χ1n) is 9.84. The summed E-state index contributed by atoms with van der Waals surface area (Å²) in [5.41, 5.74) is 0.990. The van der Waals surface area contributed by atoms with Crippen molar-refractivity contribution in [2.24, 2.45) is 0 Å². The second kappa shape index (κ2) is 18.4. The van der Waals surface area contributed by atoms with E-state index in [0.717, 1.165) is 16.0 Å². The highest BCUT2D eigenvalue weighted by molar-refractivity contribution is 6.36. The van der Waals surface area contributed by atoms with Gasteiger partial charge in [-0.3, -0.25) is 0 Å². The molecule has 1 nitrogen and oxygen atoms in total. The lowest BCUT2D eigenvalue weighted by Crippen LogP contribution is -2.07. The van der Waals surface area contributed by atoms with Gasteiger partial charge in [0.2, 0.25) is 0 Å². The molecule has 0 bridgehead atoms. The molecule has 0 aliphatic heterocycles. The average molecular weight is 331 g/mol. The average Bonchev–Trinajstić information content (AvgIpc) is 2.49. The zero-order valence-electron chi connectivity index (χ0n) is 15.3. The van der Waals surface area contributed by atoms with Crippen LogP contribution in [0, 0.1) is 0 Å². The van der Waals surface area contributed by atoms with Crippen molar-refractivity contribution in [3.63, 3.8) is 0 Å². The molecule has 0 saturated carbocycles. The van der Waals surface area contributed by atoms with Crippen LogP contribution in [0.5, 0.6) is 0 Å². The molecule has 0 spiro atoms. The van der Waals surface area contributed by atoms with Crippen LogP contribution in [0.3, 0.4) is 0 Å². The molecule has 128 valence electrons. The molecule has 0 aliphatic rings. The molecule has 0 radical (unpaired) electrons. The van der Waals surface area contributed by atoms with Crippen LogP contribution in [-0.2, 0) is 4.12 Å². The van der Waals surface area contributed by atoms with Crippen LogP contribution in [0.2, 0.25) is 5.54 Å². The molecule has 0 aromatic rings. The van der Waals surface area contributed by atoms with E-state index in [9.17, 15) is 0 Å². The fourth-order valence-electron chi connectivity index (χ4n) is 3.15. The lowest BCUT2D eigenvalue weighted by Gasteiger charge is -2.15. The summed E-state index contributed by atoms with van der Waals surface area (Å²) in [6.45, 7) is 4.60. The predicted octanol–water partition coefficient (Wildman–Crippen LogP) is 5.05. The summed E-state index contributed by atoms with van der Waals surface area (Å²) in [4.78, 5) is 0. The molecule has 1 atom stereocenters. The number of unbranched alkanes of at least 4 members (excludes halogenated alkanes) is 11. The van der Waals surface area contributed by atoms with Crippen molar-refractivity contribution in [3.05, 3.63) is 0 Å². The molecule has 0 heterocycles. The maximum atomic E-state index is 5.69. The Balaban J connectivity index is 3.44. The minimum absolute atomic E-state index is 0.194. The van der Waals surface area contributed by atoms with Crippen LogP contribution in [0.15, 0.2) is 0 Å². The van der Waals surface area contributed by atoms with Gasteiger partial charge in [0.05, 0.1) is 0 Å². The molecule has 0 aromatic carbocycles. The minimum Gasteiger partial charge on any atom is -0.468 e. The SMILES string of the molecule is CCCCCCCCCC(CCCCCCCC)[SiH2]O[SiH3]. The molecule has 3 heteroatoms. The molecule has 0 amide bonds. The number of hydrogen-bond donors (Lipinski definition) is 0.